The van der Waals surface area contributed by atoms with Crippen LogP contribution in [0.3, 0.4) is 0 Å². The van der Waals surface area contributed by atoms with Crippen LogP contribution in [0.5, 0.6) is 0 Å². The third-order valence-electron chi connectivity index (χ3n) is 2.78. The maximum atomic E-state index is 13.0. The van der Waals surface area contributed by atoms with Gasteiger partial charge in [0, 0.05) is 17.6 Å². The summed E-state index contributed by atoms with van der Waals surface area (Å²) in [5.74, 6) is -0.824. The number of benzene rings is 1. The molecule has 2 N–H and O–H groups in total. The molecule has 24 heavy (non-hydrogen) atoms. The first-order valence-corrected chi connectivity index (χ1v) is 7.08. The second-order valence-corrected chi connectivity index (χ2v) is 4.93. The van der Waals surface area contributed by atoms with Gasteiger partial charge in [-0.05, 0) is 42.8 Å². The maximum absolute atomic E-state index is 13.0. The summed E-state index contributed by atoms with van der Waals surface area (Å²) in [4.78, 5) is 18.4. The molecule has 2 aromatic rings. The Morgan fingerprint density at radius 1 is 1.29 bits per heavy atom. The van der Waals surface area contributed by atoms with Gasteiger partial charge in [0.15, 0.2) is 0 Å². The van der Waals surface area contributed by atoms with Gasteiger partial charge in [-0.15, -0.1) is 0 Å². The van der Waals surface area contributed by atoms with E-state index < -0.39 is 17.6 Å². The third kappa shape index (κ3) is 4.69. The van der Waals surface area contributed by atoms with Crippen LogP contribution in [0.25, 0.3) is 0 Å². The van der Waals surface area contributed by atoms with E-state index in [9.17, 15) is 18.0 Å². The number of hydrogen-bond donors (Lipinski definition) is 2. The van der Waals surface area contributed by atoms with E-state index in [4.69, 9.17) is 11.6 Å². The van der Waals surface area contributed by atoms with Crippen LogP contribution in [0.1, 0.15) is 12.5 Å². The molecule has 1 aromatic heterocycles. The second kappa shape index (κ2) is 7.31. The minimum atomic E-state index is -4.63. The zero-order chi connectivity index (χ0) is 17.7. The number of carbonyl (C=O) groups is 1. The predicted molar refractivity (Wildman–Crippen MR) is 85.2 cm³/mol. The number of allylic oxidation sites excluding steroid dienone is 1. The van der Waals surface area contributed by atoms with Crippen molar-refractivity contribution in [1.29, 1.82) is 0 Å². The van der Waals surface area contributed by atoms with Gasteiger partial charge < -0.3 is 10.6 Å². The Morgan fingerprint density at radius 3 is 2.67 bits per heavy atom. The molecule has 1 aromatic carbocycles. The first-order chi connectivity index (χ1) is 11.3. The Hall–Kier alpha value is -2.61. The fraction of sp³-hybridized carbons (Fsp3) is 0.133. The summed E-state index contributed by atoms with van der Waals surface area (Å²) >= 11 is 5.57. The van der Waals surface area contributed by atoms with E-state index >= 15 is 0 Å². The molecule has 1 heterocycles. The molecular weight excluding hydrogens is 345 g/mol. The molecule has 126 valence electrons. The quantitative estimate of drug-likeness (QED) is 0.629. The Morgan fingerprint density at radius 2 is 2.00 bits per heavy atom. The summed E-state index contributed by atoms with van der Waals surface area (Å²) in [7, 11) is 0. The monoisotopic (exact) mass is 356 g/mol. The number of anilines is 3. The van der Waals surface area contributed by atoms with Crippen molar-refractivity contribution in [3.8, 4) is 0 Å². The average molecular weight is 357 g/mol. The summed E-state index contributed by atoms with van der Waals surface area (Å²) in [6.07, 6.45) is -1.14. The fourth-order valence-electron chi connectivity index (χ4n) is 1.81. The highest BCUT2D eigenvalue weighted by atomic mass is 35.5. The third-order valence-corrected chi connectivity index (χ3v) is 2.96. The van der Waals surface area contributed by atoms with Gasteiger partial charge in [0.25, 0.3) is 0 Å². The van der Waals surface area contributed by atoms with Gasteiger partial charge in [0.05, 0.1) is 0 Å². The summed E-state index contributed by atoms with van der Waals surface area (Å²) < 4.78 is 39.0. The van der Waals surface area contributed by atoms with Gasteiger partial charge in [0.1, 0.15) is 11.4 Å². The average Bonchev–Trinajstić information content (AvgIpc) is 2.46. The van der Waals surface area contributed by atoms with Crippen LogP contribution in [-0.4, -0.2) is 15.9 Å². The Labute approximate surface area is 140 Å². The van der Waals surface area contributed by atoms with Crippen LogP contribution in [0, 0.1) is 0 Å². The number of carbonyl (C=O) groups excluding carboxylic acids is 1. The van der Waals surface area contributed by atoms with Crippen LogP contribution in [0.2, 0.25) is 5.28 Å². The molecule has 2 rings (SSSR count). The van der Waals surface area contributed by atoms with Crippen LogP contribution in [0.15, 0.2) is 42.6 Å². The van der Waals surface area contributed by atoms with Crippen molar-refractivity contribution in [1.82, 2.24) is 9.97 Å². The van der Waals surface area contributed by atoms with E-state index in [-0.39, 0.29) is 11.2 Å². The maximum Gasteiger partial charge on any atom is 0.421 e. The van der Waals surface area contributed by atoms with Gasteiger partial charge in [-0.3, -0.25) is 4.79 Å². The van der Waals surface area contributed by atoms with Gasteiger partial charge in [-0.25, -0.2) is 4.98 Å². The van der Waals surface area contributed by atoms with Crippen molar-refractivity contribution in [2.75, 3.05) is 10.6 Å². The molecule has 5 nitrogen and oxygen atoms in total. The van der Waals surface area contributed by atoms with Gasteiger partial charge in [-0.2, -0.15) is 18.2 Å². The predicted octanol–water partition coefficient (Wildman–Crippen LogP) is 4.41. The Balaban J connectivity index is 2.29. The van der Waals surface area contributed by atoms with Crippen LogP contribution in [-0.2, 0) is 11.0 Å². The van der Waals surface area contributed by atoms with E-state index in [0.29, 0.717) is 17.6 Å². The minimum absolute atomic E-state index is 0.300. The number of hydrogen-bond acceptors (Lipinski definition) is 4. The van der Waals surface area contributed by atoms with Crippen LogP contribution in [0.4, 0.5) is 30.4 Å². The summed E-state index contributed by atoms with van der Waals surface area (Å²) in [5.41, 5.74) is -0.333. The molecule has 9 heteroatoms. The molecule has 0 unspecified atom stereocenters. The highest BCUT2D eigenvalue weighted by Gasteiger charge is 2.35. The molecule has 0 aliphatic rings. The lowest BCUT2D eigenvalue weighted by molar-refractivity contribution is -0.137. The number of nitrogens with zero attached hydrogens (tertiary/aromatic N) is 2. The highest BCUT2D eigenvalue weighted by Crippen LogP contribution is 2.35. The lowest BCUT2D eigenvalue weighted by atomic mass is 10.2. The number of aromatic nitrogens is 2. The number of alkyl halides is 3. The minimum Gasteiger partial charge on any atom is -0.340 e. The number of halogens is 4. The number of amides is 1. The van der Waals surface area contributed by atoms with Gasteiger partial charge in [0.2, 0.25) is 11.2 Å². The van der Waals surface area contributed by atoms with Gasteiger partial charge in [-0.1, -0.05) is 12.1 Å². The first-order valence-electron chi connectivity index (χ1n) is 6.70. The zero-order valence-corrected chi connectivity index (χ0v) is 13.1. The van der Waals surface area contributed by atoms with E-state index in [1.165, 1.54) is 18.2 Å². The molecule has 0 radical (unpaired) electrons. The molecule has 0 aliphatic heterocycles. The van der Waals surface area contributed by atoms with Crippen molar-refractivity contribution >= 4 is 34.7 Å². The highest BCUT2D eigenvalue weighted by molar-refractivity contribution is 6.28. The van der Waals surface area contributed by atoms with Crippen molar-refractivity contribution in [3.05, 3.63) is 53.5 Å². The molecule has 0 saturated heterocycles. The molecular formula is C15H12ClF3N4O. The fourth-order valence-corrected chi connectivity index (χ4v) is 1.94. The standard InChI is InChI=1S/C15H12ClF3N4O/c1-2-4-12(24)21-9-5-3-6-10(7-9)22-13-11(15(17,18)19)8-20-14(16)23-13/h2-8H,1H3,(H,21,24)(H,20,22,23)/b4-2+. The lowest BCUT2D eigenvalue weighted by Gasteiger charge is -2.14. The molecule has 0 bridgehead atoms. The molecule has 0 fully saturated rings. The van der Waals surface area contributed by atoms with Crippen molar-refractivity contribution in [2.24, 2.45) is 0 Å². The van der Waals surface area contributed by atoms with E-state index in [1.54, 1.807) is 25.1 Å². The Bertz CT molecular complexity index is 778. The van der Waals surface area contributed by atoms with Crippen molar-refractivity contribution < 1.29 is 18.0 Å². The largest absolute Gasteiger partial charge is 0.421 e. The van der Waals surface area contributed by atoms with Gasteiger partial charge >= 0.3 is 6.18 Å². The molecule has 0 atom stereocenters. The van der Waals surface area contributed by atoms with E-state index in [2.05, 4.69) is 20.6 Å². The van der Waals surface area contributed by atoms with E-state index in [1.807, 2.05) is 0 Å². The molecule has 0 aliphatic carbocycles. The van der Waals surface area contributed by atoms with E-state index in [0.717, 1.165) is 0 Å². The topological polar surface area (TPSA) is 66.9 Å². The van der Waals surface area contributed by atoms with Crippen LogP contribution >= 0.6 is 11.6 Å². The molecule has 1 amide bonds. The first kappa shape index (κ1) is 17.7. The molecule has 0 spiro atoms. The number of nitrogens with one attached hydrogen (secondary N) is 2. The van der Waals surface area contributed by atoms with Crippen LogP contribution < -0.4 is 10.6 Å². The SMILES string of the molecule is C/C=C/C(=O)Nc1cccc(Nc2nc(Cl)ncc2C(F)(F)F)c1. The lowest BCUT2D eigenvalue weighted by Crippen LogP contribution is -2.11. The second-order valence-electron chi connectivity index (χ2n) is 4.59. The smallest absolute Gasteiger partial charge is 0.340 e. The summed E-state index contributed by atoms with van der Waals surface area (Å²) in [6.45, 7) is 1.69. The molecule has 0 saturated carbocycles. The summed E-state index contributed by atoms with van der Waals surface area (Å²) in [5, 5.41) is 4.80. The Kier molecular flexibility index (Phi) is 5.40. The van der Waals surface area contributed by atoms with Crippen molar-refractivity contribution in [2.45, 2.75) is 13.1 Å². The normalized spacial score (nSPS) is 11.5. The number of rotatable bonds is 4. The zero-order valence-electron chi connectivity index (χ0n) is 12.4. The summed E-state index contributed by atoms with van der Waals surface area (Å²) in [6, 6.07) is 6.17. The van der Waals surface area contributed by atoms with Crippen molar-refractivity contribution in [3.63, 3.8) is 0 Å².